The van der Waals surface area contributed by atoms with Gasteiger partial charge in [-0.25, -0.2) is 4.79 Å². The summed E-state index contributed by atoms with van der Waals surface area (Å²) in [5.41, 5.74) is 0.865. The van der Waals surface area contributed by atoms with Crippen molar-refractivity contribution in [2.45, 2.75) is 25.8 Å². The van der Waals surface area contributed by atoms with Crippen molar-refractivity contribution in [2.75, 3.05) is 19.0 Å². The molecule has 1 saturated heterocycles. The van der Waals surface area contributed by atoms with E-state index < -0.39 is 36.4 Å². The number of carbonyl (C=O) groups is 5. The summed E-state index contributed by atoms with van der Waals surface area (Å²) in [7, 11) is 1.52. The first-order valence-electron chi connectivity index (χ1n) is 9.64. The van der Waals surface area contributed by atoms with Gasteiger partial charge in [0.1, 0.15) is 6.04 Å². The second-order valence-corrected chi connectivity index (χ2v) is 7.19. The molecule has 1 fully saturated rings. The van der Waals surface area contributed by atoms with Crippen LogP contribution in [0.25, 0.3) is 0 Å². The Bertz CT molecular complexity index is 882. The van der Waals surface area contributed by atoms with E-state index in [0.29, 0.717) is 24.1 Å². The summed E-state index contributed by atoms with van der Waals surface area (Å²) in [6.07, 6.45) is 4.69. The molecule has 1 aromatic rings. The smallest absolute Gasteiger partial charge is 0.329 e. The number of ether oxygens (including phenoxy) is 1. The number of nitrogens with one attached hydrogen (secondary N) is 2. The molecule has 9 nitrogen and oxygen atoms in total. The molecule has 0 radical (unpaired) electrons. The highest BCUT2D eigenvalue weighted by Crippen LogP contribution is 2.36. The van der Waals surface area contributed by atoms with Gasteiger partial charge in [0.25, 0.3) is 11.8 Å². The van der Waals surface area contributed by atoms with Crippen LogP contribution < -0.4 is 10.6 Å². The predicted molar refractivity (Wildman–Crippen MR) is 106 cm³/mol. The van der Waals surface area contributed by atoms with Crippen molar-refractivity contribution in [3.8, 4) is 0 Å². The van der Waals surface area contributed by atoms with Gasteiger partial charge in [-0.05, 0) is 44.0 Å². The van der Waals surface area contributed by atoms with E-state index in [2.05, 4.69) is 10.6 Å². The van der Waals surface area contributed by atoms with Crippen molar-refractivity contribution in [2.24, 2.45) is 11.8 Å². The third-order valence-corrected chi connectivity index (χ3v) is 5.27. The summed E-state index contributed by atoms with van der Waals surface area (Å²) >= 11 is 0. The minimum absolute atomic E-state index is 0.252. The first-order chi connectivity index (χ1) is 14.3. The van der Waals surface area contributed by atoms with Crippen LogP contribution in [0, 0.1) is 11.8 Å². The third kappa shape index (κ3) is 4.24. The SMILES string of the molecule is CNC(=O)c1ccc(NC(=O)COC(=O)[C@H](C)N2C(=O)[C@@H]3CC=CC[C@H]3C2=O)cc1. The summed E-state index contributed by atoms with van der Waals surface area (Å²) < 4.78 is 5.00. The molecule has 2 N–H and O–H groups in total. The van der Waals surface area contributed by atoms with Crippen molar-refractivity contribution in [1.82, 2.24) is 10.2 Å². The second-order valence-electron chi connectivity index (χ2n) is 7.19. The molecule has 158 valence electrons. The monoisotopic (exact) mass is 413 g/mol. The maximum atomic E-state index is 12.5. The average molecular weight is 413 g/mol. The first-order valence-corrected chi connectivity index (χ1v) is 9.64. The molecular formula is C21H23N3O6. The lowest BCUT2D eigenvalue weighted by molar-refractivity contribution is -0.159. The molecule has 4 amide bonds. The van der Waals surface area contributed by atoms with Crippen LogP contribution in [0.15, 0.2) is 36.4 Å². The number of allylic oxidation sites excluding steroid dienone is 2. The molecule has 3 rings (SSSR count). The fourth-order valence-electron chi connectivity index (χ4n) is 3.62. The Labute approximate surface area is 173 Å². The highest BCUT2D eigenvalue weighted by atomic mass is 16.5. The van der Waals surface area contributed by atoms with Gasteiger partial charge in [0.2, 0.25) is 11.8 Å². The standard InChI is InChI=1S/C21H23N3O6/c1-12(24-19(27)15-5-3-4-6-16(15)20(24)28)21(29)30-11-17(25)23-14-9-7-13(8-10-14)18(26)22-2/h3-4,7-10,12,15-16H,5-6,11H2,1-2H3,(H,22,26)(H,23,25)/t12-,15+,16+/m0/s1. The van der Waals surface area contributed by atoms with Gasteiger partial charge in [-0.15, -0.1) is 0 Å². The molecule has 0 bridgehead atoms. The molecule has 0 unspecified atom stereocenters. The van der Waals surface area contributed by atoms with Crippen LogP contribution in [-0.4, -0.2) is 54.2 Å². The zero-order valence-corrected chi connectivity index (χ0v) is 16.7. The Hall–Kier alpha value is -3.49. The van der Waals surface area contributed by atoms with Crippen molar-refractivity contribution in [1.29, 1.82) is 0 Å². The quantitative estimate of drug-likeness (QED) is 0.405. The zero-order valence-electron chi connectivity index (χ0n) is 16.7. The van der Waals surface area contributed by atoms with Gasteiger partial charge in [0.15, 0.2) is 6.61 Å². The topological polar surface area (TPSA) is 122 Å². The maximum absolute atomic E-state index is 12.5. The summed E-state index contributed by atoms with van der Waals surface area (Å²) in [4.78, 5) is 61.9. The number of anilines is 1. The Morgan fingerprint density at radius 2 is 1.63 bits per heavy atom. The number of carbonyl (C=O) groups excluding carboxylic acids is 5. The van der Waals surface area contributed by atoms with Crippen molar-refractivity contribution in [3.05, 3.63) is 42.0 Å². The van der Waals surface area contributed by atoms with Gasteiger partial charge < -0.3 is 15.4 Å². The number of likely N-dealkylation sites (tertiary alicyclic amines) is 1. The average Bonchev–Trinajstić information content (AvgIpc) is 3.02. The lowest BCUT2D eigenvalue weighted by Gasteiger charge is -2.21. The van der Waals surface area contributed by atoms with Crippen LogP contribution in [0.2, 0.25) is 0 Å². The summed E-state index contributed by atoms with van der Waals surface area (Å²) in [6.45, 7) is 0.850. The van der Waals surface area contributed by atoms with Gasteiger partial charge >= 0.3 is 5.97 Å². The minimum atomic E-state index is -1.10. The summed E-state index contributed by atoms with van der Waals surface area (Å²) in [5.74, 6) is -3.28. The largest absolute Gasteiger partial charge is 0.454 e. The number of amides is 4. The van der Waals surface area contributed by atoms with E-state index in [1.54, 1.807) is 24.3 Å². The maximum Gasteiger partial charge on any atom is 0.329 e. The van der Waals surface area contributed by atoms with E-state index in [1.807, 2.05) is 12.2 Å². The second kappa shape index (κ2) is 8.89. The highest BCUT2D eigenvalue weighted by Gasteiger charge is 2.50. The molecule has 0 spiro atoms. The number of fused-ring (bicyclic) bond motifs is 1. The summed E-state index contributed by atoms with van der Waals surface area (Å²) in [5, 5.41) is 5.04. The molecule has 0 saturated carbocycles. The molecule has 1 aliphatic heterocycles. The number of benzene rings is 1. The molecular weight excluding hydrogens is 390 g/mol. The van der Waals surface area contributed by atoms with Crippen LogP contribution in [-0.2, 0) is 23.9 Å². The van der Waals surface area contributed by atoms with Crippen LogP contribution in [0.1, 0.15) is 30.1 Å². The van der Waals surface area contributed by atoms with E-state index in [9.17, 15) is 24.0 Å². The van der Waals surface area contributed by atoms with Gasteiger partial charge in [0, 0.05) is 18.3 Å². The predicted octanol–water partition coefficient (Wildman–Crippen LogP) is 0.868. The van der Waals surface area contributed by atoms with E-state index in [0.717, 1.165) is 4.90 Å². The molecule has 2 aliphatic rings. The molecule has 1 aliphatic carbocycles. The zero-order chi connectivity index (χ0) is 21.8. The fourth-order valence-corrected chi connectivity index (χ4v) is 3.62. The van der Waals surface area contributed by atoms with E-state index >= 15 is 0 Å². The molecule has 9 heteroatoms. The molecule has 30 heavy (non-hydrogen) atoms. The van der Waals surface area contributed by atoms with Crippen molar-refractivity contribution >= 4 is 35.3 Å². The molecule has 1 aromatic carbocycles. The Morgan fingerprint density at radius 1 is 1.07 bits per heavy atom. The highest BCUT2D eigenvalue weighted by molar-refractivity contribution is 6.08. The number of nitrogens with zero attached hydrogens (tertiary/aromatic N) is 1. The van der Waals surface area contributed by atoms with E-state index in [4.69, 9.17) is 4.74 Å². The van der Waals surface area contributed by atoms with Gasteiger partial charge in [0.05, 0.1) is 11.8 Å². The number of rotatable bonds is 6. The summed E-state index contributed by atoms with van der Waals surface area (Å²) in [6, 6.07) is 5.08. The number of hydrogen-bond acceptors (Lipinski definition) is 6. The molecule has 0 aromatic heterocycles. The number of hydrogen-bond donors (Lipinski definition) is 2. The van der Waals surface area contributed by atoms with Crippen molar-refractivity contribution in [3.63, 3.8) is 0 Å². The minimum Gasteiger partial charge on any atom is -0.454 e. The Balaban J connectivity index is 1.52. The van der Waals surface area contributed by atoms with Gasteiger partial charge in [-0.2, -0.15) is 0 Å². The molecule has 1 heterocycles. The van der Waals surface area contributed by atoms with Gasteiger partial charge in [-0.1, -0.05) is 12.2 Å². The van der Waals surface area contributed by atoms with Crippen LogP contribution >= 0.6 is 0 Å². The van der Waals surface area contributed by atoms with Gasteiger partial charge in [-0.3, -0.25) is 24.1 Å². The normalized spacial score (nSPS) is 21.1. The van der Waals surface area contributed by atoms with Crippen molar-refractivity contribution < 1.29 is 28.7 Å². The first kappa shape index (κ1) is 21.2. The lowest BCUT2D eigenvalue weighted by Crippen LogP contribution is -2.45. The van der Waals surface area contributed by atoms with Crippen LogP contribution in [0.3, 0.4) is 0 Å². The number of esters is 1. The Kier molecular flexibility index (Phi) is 6.29. The molecule has 3 atom stereocenters. The number of imide groups is 1. The lowest BCUT2D eigenvalue weighted by atomic mass is 9.85. The van der Waals surface area contributed by atoms with E-state index in [1.165, 1.54) is 14.0 Å². The Morgan fingerprint density at radius 3 is 2.17 bits per heavy atom. The van der Waals surface area contributed by atoms with E-state index in [-0.39, 0.29) is 17.7 Å². The van der Waals surface area contributed by atoms with Crippen LogP contribution in [0.4, 0.5) is 5.69 Å². The van der Waals surface area contributed by atoms with Crippen LogP contribution in [0.5, 0.6) is 0 Å². The third-order valence-electron chi connectivity index (χ3n) is 5.27. The fraction of sp³-hybridized carbons (Fsp3) is 0.381.